The van der Waals surface area contributed by atoms with Crippen molar-refractivity contribution in [3.63, 3.8) is 0 Å². The number of rotatable bonds is 2. The molecule has 0 aromatic rings. The van der Waals surface area contributed by atoms with Gasteiger partial charge in [0.15, 0.2) is 0 Å². The van der Waals surface area contributed by atoms with Crippen LogP contribution in [-0.4, -0.2) is 24.3 Å². The second-order valence-corrected chi connectivity index (χ2v) is 1.91. The summed E-state index contributed by atoms with van der Waals surface area (Å²) >= 11 is 0. The van der Waals surface area contributed by atoms with E-state index in [1.807, 2.05) is 0 Å². The molecular formula is C7H11O3. The first-order valence-corrected chi connectivity index (χ1v) is 2.85. The summed E-state index contributed by atoms with van der Waals surface area (Å²) < 4.78 is 4.37. The fourth-order valence-electron chi connectivity index (χ4n) is 0.518. The van der Waals surface area contributed by atoms with Gasteiger partial charge in [-0.25, -0.2) is 4.79 Å². The molecule has 10 heavy (non-hydrogen) atoms. The lowest BCUT2D eigenvalue weighted by Crippen LogP contribution is -2.05. The Hall–Kier alpha value is -0.830. The highest BCUT2D eigenvalue weighted by molar-refractivity contribution is 5.87. The van der Waals surface area contributed by atoms with Crippen LogP contribution in [0.4, 0.5) is 0 Å². The Balaban J connectivity index is 4.05. The predicted molar refractivity (Wildman–Crippen MR) is 37.1 cm³/mol. The molecule has 1 unspecified atom stereocenters. The van der Waals surface area contributed by atoms with E-state index < -0.39 is 12.1 Å². The Morgan fingerprint density at radius 3 is 2.60 bits per heavy atom. The number of carbonyl (C=O) groups excluding carboxylic acids is 1. The molecule has 3 heteroatoms. The zero-order chi connectivity index (χ0) is 8.15. The quantitative estimate of drug-likeness (QED) is 0.446. The Morgan fingerprint density at radius 2 is 2.30 bits per heavy atom. The molecule has 0 saturated heterocycles. The van der Waals surface area contributed by atoms with Gasteiger partial charge in [0.05, 0.1) is 13.2 Å². The second-order valence-electron chi connectivity index (χ2n) is 1.91. The number of aliphatic hydroxyl groups is 1. The first-order valence-electron chi connectivity index (χ1n) is 2.85. The highest BCUT2D eigenvalue weighted by atomic mass is 16.5. The number of ether oxygens (including phenoxy) is 1. The summed E-state index contributed by atoms with van der Waals surface area (Å²) in [7, 11) is 1.29. The molecule has 0 aromatic carbocycles. The zero-order valence-electron chi connectivity index (χ0n) is 6.13. The Labute approximate surface area is 60.3 Å². The van der Waals surface area contributed by atoms with Crippen LogP contribution in [0.3, 0.4) is 0 Å². The third-order valence-corrected chi connectivity index (χ3v) is 0.950. The maximum atomic E-state index is 10.6. The minimum absolute atomic E-state index is 0.366. The van der Waals surface area contributed by atoms with Crippen molar-refractivity contribution in [1.82, 2.24) is 0 Å². The number of hydrogen-bond acceptors (Lipinski definition) is 3. The molecule has 3 nitrogen and oxygen atoms in total. The summed E-state index contributed by atoms with van der Waals surface area (Å²) in [5.41, 5.74) is 0.366. The van der Waals surface area contributed by atoms with Gasteiger partial charge in [0.25, 0.3) is 0 Å². The van der Waals surface area contributed by atoms with Crippen molar-refractivity contribution in [2.24, 2.45) is 0 Å². The normalized spacial score (nSPS) is 14.6. The van der Waals surface area contributed by atoms with E-state index >= 15 is 0 Å². The monoisotopic (exact) mass is 143 g/mol. The minimum Gasteiger partial charge on any atom is -0.466 e. The number of methoxy groups -OCH3 is 1. The Kier molecular flexibility index (Phi) is 3.72. The van der Waals surface area contributed by atoms with Crippen molar-refractivity contribution in [1.29, 1.82) is 0 Å². The third-order valence-electron chi connectivity index (χ3n) is 0.950. The van der Waals surface area contributed by atoms with E-state index in [2.05, 4.69) is 11.7 Å². The van der Waals surface area contributed by atoms with Gasteiger partial charge in [-0.15, -0.1) is 0 Å². The molecular weight excluding hydrogens is 132 g/mol. The molecule has 0 saturated carbocycles. The number of aliphatic hydroxyl groups excluding tert-OH is 1. The highest BCUT2D eigenvalue weighted by Crippen LogP contribution is 1.96. The minimum atomic E-state index is -0.848. The molecule has 0 aliphatic rings. The van der Waals surface area contributed by atoms with E-state index in [0.29, 0.717) is 5.57 Å². The number of carbonyl (C=O) groups is 1. The zero-order valence-corrected chi connectivity index (χ0v) is 6.13. The average molecular weight is 143 g/mol. The van der Waals surface area contributed by atoms with Gasteiger partial charge in [0, 0.05) is 5.57 Å². The van der Waals surface area contributed by atoms with Gasteiger partial charge in [-0.2, -0.15) is 0 Å². The molecule has 0 rings (SSSR count). The maximum absolute atomic E-state index is 10.6. The molecule has 0 bridgehead atoms. The van der Waals surface area contributed by atoms with Crippen LogP contribution in [0.2, 0.25) is 0 Å². The van der Waals surface area contributed by atoms with Crippen LogP contribution in [0.1, 0.15) is 6.92 Å². The second kappa shape index (κ2) is 4.06. The molecule has 1 radical (unpaired) electrons. The number of esters is 1. The fraction of sp³-hybridized carbons (Fsp3) is 0.429. The van der Waals surface area contributed by atoms with Crippen molar-refractivity contribution >= 4 is 5.97 Å². The summed E-state index contributed by atoms with van der Waals surface area (Å²) in [6.45, 7) is 4.82. The number of hydrogen-bond donors (Lipinski definition) is 1. The van der Waals surface area contributed by atoms with Gasteiger partial charge < -0.3 is 9.84 Å². The standard InChI is InChI=1S/C7H11O3/c1-5(4-6(2)8)7(9)10-3/h4,6,8H,2H2,1,3H3. The first-order chi connectivity index (χ1) is 4.57. The van der Waals surface area contributed by atoms with Gasteiger partial charge in [-0.3, -0.25) is 0 Å². The van der Waals surface area contributed by atoms with Crippen LogP contribution in [0.15, 0.2) is 11.6 Å². The predicted octanol–water partition coefficient (Wildman–Crippen LogP) is 0.301. The van der Waals surface area contributed by atoms with Gasteiger partial charge in [-0.1, -0.05) is 0 Å². The van der Waals surface area contributed by atoms with Crippen LogP contribution in [0.25, 0.3) is 0 Å². The molecule has 57 valence electrons. The van der Waals surface area contributed by atoms with E-state index in [4.69, 9.17) is 5.11 Å². The van der Waals surface area contributed by atoms with Crippen LogP contribution in [0, 0.1) is 6.92 Å². The van der Waals surface area contributed by atoms with Gasteiger partial charge in [0.2, 0.25) is 0 Å². The van der Waals surface area contributed by atoms with E-state index in [1.54, 1.807) is 6.92 Å². The topological polar surface area (TPSA) is 46.5 Å². The summed E-state index contributed by atoms with van der Waals surface area (Å²) in [5.74, 6) is -0.442. The van der Waals surface area contributed by atoms with Crippen LogP contribution < -0.4 is 0 Å². The largest absolute Gasteiger partial charge is 0.466 e. The van der Waals surface area contributed by atoms with Crippen LogP contribution in [0.5, 0.6) is 0 Å². The van der Waals surface area contributed by atoms with Crippen molar-refractivity contribution < 1.29 is 14.6 Å². The lowest BCUT2D eigenvalue weighted by atomic mass is 10.2. The summed E-state index contributed by atoms with van der Waals surface area (Å²) in [5, 5.41) is 8.67. The van der Waals surface area contributed by atoms with Crippen molar-refractivity contribution in [2.75, 3.05) is 7.11 Å². The molecule has 0 amide bonds. The smallest absolute Gasteiger partial charge is 0.333 e. The van der Waals surface area contributed by atoms with Crippen LogP contribution >= 0.6 is 0 Å². The maximum Gasteiger partial charge on any atom is 0.333 e. The van der Waals surface area contributed by atoms with Gasteiger partial charge in [0.1, 0.15) is 0 Å². The molecule has 0 fully saturated rings. The van der Waals surface area contributed by atoms with E-state index in [-0.39, 0.29) is 0 Å². The lowest BCUT2D eigenvalue weighted by Gasteiger charge is -1.99. The van der Waals surface area contributed by atoms with Crippen LogP contribution in [-0.2, 0) is 9.53 Å². The Morgan fingerprint density at radius 1 is 1.80 bits per heavy atom. The van der Waals surface area contributed by atoms with E-state index in [0.717, 1.165) is 0 Å². The first kappa shape index (κ1) is 9.17. The third kappa shape index (κ3) is 3.25. The van der Waals surface area contributed by atoms with E-state index in [9.17, 15) is 4.79 Å². The highest BCUT2D eigenvalue weighted by Gasteiger charge is 2.02. The lowest BCUT2D eigenvalue weighted by molar-refractivity contribution is -0.136. The van der Waals surface area contributed by atoms with Crippen molar-refractivity contribution in [3.8, 4) is 0 Å². The molecule has 1 atom stereocenters. The fourth-order valence-corrected chi connectivity index (χ4v) is 0.518. The SMILES string of the molecule is [CH2]C(O)C=C(C)C(=O)OC. The Bertz CT molecular complexity index is 147. The molecule has 0 aliphatic heterocycles. The van der Waals surface area contributed by atoms with Gasteiger partial charge in [-0.05, 0) is 19.9 Å². The molecule has 1 N–H and O–H groups in total. The summed E-state index contributed by atoms with van der Waals surface area (Å²) in [4.78, 5) is 10.6. The molecule has 0 spiro atoms. The van der Waals surface area contributed by atoms with Crippen molar-refractivity contribution in [2.45, 2.75) is 13.0 Å². The van der Waals surface area contributed by atoms with Gasteiger partial charge >= 0.3 is 5.97 Å². The van der Waals surface area contributed by atoms with Crippen molar-refractivity contribution in [3.05, 3.63) is 18.6 Å². The summed E-state index contributed by atoms with van der Waals surface area (Å²) in [6.07, 6.45) is 0.477. The van der Waals surface area contributed by atoms with E-state index in [1.165, 1.54) is 13.2 Å². The molecule has 0 heterocycles. The molecule has 0 aromatic heterocycles. The average Bonchev–Trinajstić information content (AvgIpc) is 1.85. The summed E-state index contributed by atoms with van der Waals surface area (Å²) in [6, 6.07) is 0. The molecule has 0 aliphatic carbocycles.